The number of amides is 1. The number of benzene rings is 1. The smallest absolute Gasteiger partial charge is 0.417 e. The topological polar surface area (TPSA) is 113 Å². The Hall–Kier alpha value is -4.10. The summed E-state index contributed by atoms with van der Waals surface area (Å²) in [4.78, 5) is 25.3. The van der Waals surface area contributed by atoms with Crippen LogP contribution >= 0.6 is 0 Å². The Morgan fingerprint density at radius 3 is 2.76 bits per heavy atom. The van der Waals surface area contributed by atoms with Gasteiger partial charge in [-0.1, -0.05) is 18.2 Å². The van der Waals surface area contributed by atoms with E-state index in [9.17, 15) is 18.0 Å². The van der Waals surface area contributed by atoms with Gasteiger partial charge in [-0.2, -0.15) is 23.3 Å². The van der Waals surface area contributed by atoms with Crippen molar-refractivity contribution in [1.29, 1.82) is 0 Å². The number of anilines is 1. The van der Waals surface area contributed by atoms with Crippen LogP contribution in [-0.2, 0) is 15.7 Å². The van der Waals surface area contributed by atoms with Gasteiger partial charge >= 0.3 is 6.18 Å². The van der Waals surface area contributed by atoms with E-state index >= 15 is 0 Å². The minimum Gasteiger partial charge on any atom is -0.474 e. The van der Waals surface area contributed by atoms with E-state index in [0.717, 1.165) is 6.07 Å². The summed E-state index contributed by atoms with van der Waals surface area (Å²) < 4.78 is 58.5. The highest BCUT2D eigenvalue weighted by molar-refractivity contribution is 6.02. The van der Waals surface area contributed by atoms with Crippen molar-refractivity contribution >= 4 is 17.4 Å². The molecule has 1 saturated heterocycles. The van der Waals surface area contributed by atoms with Gasteiger partial charge in [-0.05, 0) is 32.0 Å². The number of carbonyl (C=O) groups excluding carboxylic acids is 1. The van der Waals surface area contributed by atoms with E-state index in [0.29, 0.717) is 6.61 Å². The second-order valence-corrected chi connectivity index (χ2v) is 8.63. The molecule has 0 spiro atoms. The van der Waals surface area contributed by atoms with Crippen molar-refractivity contribution in [1.82, 2.24) is 24.6 Å². The Balaban J connectivity index is 1.34. The van der Waals surface area contributed by atoms with Crippen LogP contribution < -0.4 is 10.1 Å². The van der Waals surface area contributed by atoms with Crippen LogP contribution in [-0.4, -0.2) is 55.6 Å². The summed E-state index contributed by atoms with van der Waals surface area (Å²) >= 11 is 0. The molecular weight excluding hydrogens is 493 g/mol. The zero-order valence-electron chi connectivity index (χ0n) is 19.7. The minimum atomic E-state index is -4.57. The summed E-state index contributed by atoms with van der Waals surface area (Å²) in [5.41, 5.74) is -0.647. The van der Waals surface area contributed by atoms with Gasteiger partial charge in [0.15, 0.2) is 22.9 Å². The third kappa shape index (κ3) is 5.37. The number of halogens is 3. The van der Waals surface area contributed by atoms with E-state index in [4.69, 9.17) is 14.2 Å². The second kappa shape index (κ2) is 9.41. The number of hydrogen-bond acceptors (Lipinski definition) is 8. The SMILES string of the molecule is CC1(C)OC[C@H](COc2cncc(NC(=O)c3cnc4ccc(-c5ccccc5C(F)(F)F)nn34)n2)O1. The van der Waals surface area contributed by atoms with Gasteiger partial charge in [0.2, 0.25) is 5.88 Å². The van der Waals surface area contributed by atoms with Crippen molar-refractivity contribution in [2.45, 2.75) is 31.9 Å². The molecule has 4 aromatic rings. The zero-order valence-corrected chi connectivity index (χ0v) is 19.7. The first kappa shape index (κ1) is 24.6. The van der Waals surface area contributed by atoms with Crippen molar-refractivity contribution in [3.05, 3.63) is 66.2 Å². The number of aromatic nitrogens is 5. The highest BCUT2D eigenvalue weighted by Crippen LogP contribution is 2.36. The highest BCUT2D eigenvalue weighted by atomic mass is 19.4. The average Bonchev–Trinajstić information content (AvgIpc) is 3.44. The van der Waals surface area contributed by atoms with Crippen molar-refractivity contribution in [3.8, 4) is 17.1 Å². The first-order valence-electron chi connectivity index (χ1n) is 11.2. The molecule has 37 heavy (non-hydrogen) atoms. The summed E-state index contributed by atoms with van der Waals surface area (Å²) in [7, 11) is 0. The number of nitrogens with zero attached hydrogens (tertiary/aromatic N) is 5. The lowest BCUT2D eigenvalue weighted by Crippen LogP contribution is -2.25. The van der Waals surface area contributed by atoms with Crippen LogP contribution in [0.25, 0.3) is 16.9 Å². The normalized spacial score (nSPS) is 17.2. The summed E-state index contributed by atoms with van der Waals surface area (Å²) in [5, 5.41) is 6.84. The van der Waals surface area contributed by atoms with Gasteiger partial charge in [-0.25, -0.2) is 9.50 Å². The molecular formula is C24H21F3N6O4. The van der Waals surface area contributed by atoms with Gasteiger partial charge in [-0.3, -0.25) is 9.78 Å². The number of fused-ring (bicyclic) bond motifs is 1. The maximum Gasteiger partial charge on any atom is 0.417 e. The van der Waals surface area contributed by atoms with E-state index in [1.165, 1.54) is 53.4 Å². The van der Waals surface area contributed by atoms with Gasteiger partial charge in [0.25, 0.3) is 5.91 Å². The van der Waals surface area contributed by atoms with Gasteiger partial charge < -0.3 is 19.5 Å². The number of ether oxygens (including phenoxy) is 3. The van der Waals surface area contributed by atoms with E-state index in [1.54, 1.807) is 13.8 Å². The lowest BCUT2D eigenvalue weighted by molar-refractivity contribution is -0.141. The number of carbonyl (C=O) groups is 1. The first-order chi connectivity index (χ1) is 17.6. The Kier molecular flexibility index (Phi) is 6.25. The van der Waals surface area contributed by atoms with Gasteiger partial charge in [0.1, 0.15) is 12.7 Å². The lowest BCUT2D eigenvalue weighted by Gasteiger charge is -2.17. The van der Waals surface area contributed by atoms with E-state index in [1.807, 2.05) is 0 Å². The van der Waals surface area contributed by atoms with Crippen LogP contribution in [0.4, 0.5) is 19.0 Å². The maximum atomic E-state index is 13.5. The third-order valence-corrected chi connectivity index (χ3v) is 5.44. The van der Waals surface area contributed by atoms with Crippen LogP contribution in [0.1, 0.15) is 29.9 Å². The molecule has 0 radical (unpaired) electrons. The molecule has 13 heteroatoms. The number of rotatable bonds is 6. The van der Waals surface area contributed by atoms with Crippen LogP contribution in [0.5, 0.6) is 5.88 Å². The Morgan fingerprint density at radius 2 is 2.00 bits per heavy atom. The molecule has 3 aromatic heterocycles. The molecule has 1 fully saturated rings. The van der Waals surface area contributed by atoms with Crippen LogP contribution in [0.3, 0.4) is 0 Å². The van der Waals surface area contributed by atoms with Gasteiger partial charge in [0.05, 0.1) is 36.5 Å². The number of alkyl halides is 3. The molecule has 0 bridgehead atoms. The molecule has 1 aliphatic rings. The molecule has 1 amide bonds. The summed E-state index contributed by atoms with van der Waals surface area (Å²) in [6.45, 7) is 4.15. The molecule has 0 aliphatic carbocycles. The average molecular weight is 514 g/mol. The lowest BCUT2D eigenvalue weighted by atomic mass is 10.0. The van der Waals surface area contributed by atoms with Crippen molar-refractivity contribution in [3.63, 3.8) is 0 Å². The quantitative estimate of drug-likeness (QED) is 0.411. The van der Waals surface area contributed by atoms with Crippen molar-refractivity contribution < 1.29 is 32.2 Å². The predicted molar refractivity (Wildman–Crippen MR) is 124 cm³/mol. The van der Waals surface area contributed by atoms with Crippen molar-refractivity contribution in [2.75, 3.05) is 18.5 Å². The van der Waals surface area contributed by atoms with Gasteiger partial charge in [0, 0.05) is 5.56 Å². The van der Waals surface area contributed by atoms with E-state index < -0.39 is 23.4 Å². The highest BCUT2D eigenvalue weighted by Gasteiger charge is 2.34. The summed E-state index contributed by atoms with van der Waals surface area (Å²) in [5.74, 6) is -1.07. The van der Waals surface area contributed by atoms with Crippen molar-refractivity contribution in [2.24, 2.45) is 0 Å². The van der Waals surface area contributed by atoms with Crippen LogP contribution in [0, 0.1) is 0 Å². The molecule has 10 nitrogen and oxygen atoms in total. The van der Waals surface area contributed by atoms with E-state index in [-0.39, 0.29) is 47.0 Å². The number of hydrogen-bond donors (Lipinski definition) is 1. The Labute approximate surface area is 208 Å². The summed E-state index contributed by atoms with van der Waals surface area (Å²) in [6, 6.07) is 7.98. The molecule has 1 atom stereocenters. The fraction of sp³-hybridized carbons (Fsp3) is 0.292. The number of nitrogens with one attached hydrogen (secondary N) is 1. The predicted octanol–water partition coefficient (Wildman–Crippen LogP) is 3.99. The third-order valence-electron chi connectivity index (χ3n) is 5.44. The molecule has 192 valence electrons. The zero-order chi connectivity index (χ0) is 26.2. The Morgan fingerprint density at radius 1 is 1.19 bits per heavy atom. The molecule has 0 unspecified atom stereocenters. The minimum absolute atomic E-state index is 0.00630. The molecule has 0 saturated carbocycles. The van der Waals surface area contributed by atoms with Crippen LogP contribution in [0.2, 0.25) is 0 Å². The molecule has 4 heterocycles. The van der Waals surface area contributed by atoms with Crippen LogP contribution in [0.15, 0.2) is 55.0 Å². The van der Waals surface area contributed by atoms with Gasteiger partial charge in [-0.15, -0.1) is 0 Å². The molecule has 1 N–H and O–H groups in total. The Bertz CT molecular complexity index is 1460. The standard InChI is InChI=1S/C24H21F3N6O4/c1-23(2)36-13-14(37-23)12-35-21-11-28-10-19(30-21)31-22(34)18-9-29-20-8-7-17(32-33(18)20)15-5-3-4-6-16(15)24(25,26)27/h3-11,14H,12-13H2,1-2H3,(H,30,31,34)/t14-/m0/s1. The second-order valence-electron chi connectivity index (χ2n) is 8.63. The fourth-order valence-corrected chi connectivity index (χ4v) is 3.81. The molecule has 1 aromatic carbocycles. The summed E-state index contributed by atoms with van der Waals surface area (Å²) in [6.07, 6.45) is -0.872. The maximum absolute atomic E-state index is 13.5. The molecule has 1 aliphatic heterocycles. The number of imidazole rings is 1. The first-order valence-corrected chi connectivity index (χ1v) is 11.2. The monoisotopic (exact) mass is 514 g/mol. The van der Waals surface area contributed by atoms with E-state index in [2.05, 4.69) is 25.4 Å². The molecule has 5 rings (SSSR count). The largest absolute Gasteiger partial charge is 0.474 e. The fourth-order valence-electron chi connectivity index (χ4n) is 3.81.